The molecule has 0 saturated carbocycles. The molecule has 0 saturated heterocycles. The van der Waals surface area contributed by atoms with Crippen LogP contribution in [0.3, 0.4) is 0 Å². The minimum absolute atomic E-state index is 0.0349. The second kappa shape index (κ2) is 3.16. The van der Waals surface area contributed by atoms with E-state index >= 15 is 0 Å². The molecule has 0 fully saturated rings. The van der Waals surface area contributed by atoms with Gasteiger partial charge >= 0.3 is 0 Å². The van der Waals surface area contributed by atoms with Gasteiger partial charge in [-0.25, -0.2) is 4.39 Å². The van der Waals surface area contributed by atoms with Crippen LogP contribution >= 0.6 is 11.6 Å². The van der Waals surface area contributed by atoms with Gasteiger partial charge in [0.1, 0.15) is 16.6 Å². The number of ether oxygens (including phenoxy) is 1. The number of hydrogen-bond donors (Lipinski definition) is 1. The molecule has 0 bridgehead atoms. The summed E-state index contributed by atoms with van der Waals surface area (Å²) in [5, 5.41) is 0.0349. The Morgan fingerprint density at radius 3 is 3.08 bits per heavy atom. The van der Waals surface area contributed by atoms with Crippen molar-refractivity contribution in [2.45, 2.75) is 12.5 Å². The monoisotopic (exact) mass is 201 g/mol. The van der Waals surface area contributed by atoms with Crippen LogP contribution in [0.25, 0.3) is 0 Å². The zero-order valence-corrected chi connectivity index (χ0v) is 7.64. The predicted molar refractivity (Wildman–Crippen MR) is 48.5 cm³/mol. The Hall–Kier alpha value is -0.800. The molecule has 0 unspecified atom stereocenters. The van der Waals surface area contributed by atoms with E-state index in [2.05, 4.69) is 0 Å². The number of nitrogens with two attached hydrogens (primary N) is 1. The van der Waals surface area contributed by atoms with E-state index in [-0.39, 0.29) is 11.1 Å². The molecule has 2 nitrogen and oxygen atoms in total. The molecule has 1 aromatic carbocycles. The standard InChI is InChI=1S/C9H9ClFNO/c10-8-6(11)2-1-5-7(12)3-4-13-9(5)8/h1-2,7H,3-4,12H2/t7-/m0/s1. The molecule has 1 atom stereocenters. The van der Waals surface area contributed by atoms with Crippen LogP contribution in [-0.2, 0) is 0 Å². The van der Waals surface area contributed by atoms with Gasteiger partial charge in [-0.1, -0.05) is 17.7 Å². The first-order valence-corrected chi connectivity index (χ1v) is 4.44. The maximum absolute atomic E-state index is 13.0. The van der Waals surface area contributed by atoms with Crippen molar-refractivity contribution in [2.24, 2.45) is 5.73 Å². The van der Waals surface area contributed by atoms with Crippen LogP contribution in [0.2, 0.25) is 5.02 Å². The summed E-state index contributed by atoms with van der Waals surface area (Å²) in [5.41, 5.74) is 6.59. The van der Waals surface area contributed by atoms with E-state index in [1.807, 2.05) is 0 Å². The third-order valence-corrected chi connectivity index (χ3v) is 2.51. The minimum Gasteiger partial charge on any atom is -0.491 e. The number of halogens is 2. The van der Waals surface area contributed by atoms with Crippen molar-refractivity contribution in [1.82, 2.24) is 0 Å². The summed E-state index contributed by atoms with van der Waals surface area (Å²) < 4.78 is 18.2. The van der Waals surface area contributed by atoms with Crippen molar-refractivity contribution in [2.75, 3.05) is 6.61 Å². The molecule has 0 aliphatic carbocycles. The topological polar surface area (TPSA) is 35.2 Å². The molecular weight excluding hydrogens is 193 g/mol. The fraction of sp³-hybridized carbons (Fsp3) is 0.333. The fourth-order valence-electron chi connectivity index (χ4n) is 1.43. The van der Waals surface area contributed by atoms with Gasteiger partial charge in [0.15, 0.2) is 0 Å². The van der Waals surface area contributed by atoms with Crippen LogP contribution in [0.15, 0.2) is 12.1 Å². The number of hydrogen-bond acceptors (Lipinski definition) is 2. The molecule has 13 heavy (non-hydrogen) atoms. The van der Waals surface area contributed by atoms with Crippen LogP contribution in [0.4, 0.5) is 4.39 Å². The number of benzene rings is 1. The molecular formula is C9H9ClFNO. The molecule has 2 rings (SSSR count). The quantitative estimate of drug-likeness (QED) is 0.699. The first-order chi connectivity index (χ1) is 6.20. The molecule has 2 N–H and O–H groups in total. The second-order valence-corrected chi connectivity index (χ2v) is 3.40. The molecule has 1 heterocycles. The molecule has 0 radical (unpaired) electrons. The zero-order chi connectivity index (χ0) is 9.42. The lowest BCUT2D eigenvalue weighted by Gasteiger charge is -2.23. The summed E-state index contributed by atoms with van der Waals surface area (Å²) >= 11 is 5.72. The van der Waals surface area contributed by atoms with Crippen molar-refractivity contribution in [3.05, 3.63) is 28.5 Å². The van der Waals surface area contributed by atoms with Crippen molar-refractivity contribution in [3.8, 4) is 5.75 Å². The summed E-state index contributed by atoms with van der Waals surface area (Å²) in [4.78, 5) is 0. The van der Waals surface area contributed by atoms with Crippen LogP contribution in [0.1, 0.15) is 18.0 Å². The summed E-state index contributed by atoms with van der Waals surface area (Å²) in [6, 6.07) is 2.85. The van der Waals surface area contributed by atoms with Gasteiger partial charge in [0.2, 0.25) is 0 Å². The Morgan fingerprint density at radius 2 is 2.31 bits per heavy atom. The van der Waals surface area contributed by atoms with Crippen LogP contribution in [-0.4, -0.2) is 6.61 Å². The van der Waals surface area contributed by atoms with Gasteiger partial charge in [0, 0.05) is 18.0 Å². The highest BCUT2D eigenvalue weighted by Gasteiger charge is 2.22. The van der Waals surface area contributed by atoms with Gasteiger partial charge in [0.05, 0.1) is 6.61 Å². The van der Waals surface area contributed by atoms with E-state index in [1.165, 1.54) is 6.07 Å². The first-order valence-electron chi connectivity index (χ1n) is 4.06. The highest BCUT2D eigenvalue weighted by atomic mass is 35.5. The highest BCUT2D eigenvalue weighted by molar-refractivity contribution is 6.32. The summed E-state index contributed by atoms with van der Waals surface area (Å²) in [6.45, 7) is 0.497. The summed E-state index contributed by atoms with van der Waals surface area (Å²) in [5.74, 6) is -0.0602. The maximum atomic E-state index is 13.0. The highest BCUT2D eigenvalue weighted by Crippen LogP contribution is 2.37. The van der Waals surface area contributed by atoms with E-state index in [4.69, 9.17) is 22.1 Å². The largest absolute Gasteiger partial charge is 0.491 e. The lowest BCUT2D eigenvalue weighted by Crippen LogP contribution is -2.20. The van der Waals surface area contributed by atoms with Crippen molar-refractivity contribution in [1.29, 1.82) is 0 Å². The summed E-state index contributed by atoms with van der Waals surface area (Å²) in [7, 11) is 0. The number of fused-ring (bicyclic) bond motifs is 1. The van der Waals surface area contributed by atoms with Gasteiger partial charge in [-0.2, -0.15) is 0 Å². The SMILES string of the molecule is N[C@H]1CCOc2c1ccc(F)c2Cl. The molecule has 0 spiro atoms. The number of rotatable bonds is 0. The Kier molecular flexibility index (Phi) is 2.14. The third kappa shape index (κ3) is 1.38. The van der Waals surface area contributed by atoms with E-state index in [1.54, 1.807) is 6.07 Å². The van der Waals surface area contributed by atoms with E-state index in [0.717, 1.165) is 12.0 Å². The molecule has 4 heteroatoms. The smallest absolute Gasteiger partial charge is 0.145 e. The normalized spacial score (nSPS) is 20.7. The Balaban J connectivity index is 2.56. The third-order valence-electron chi connectivity index (χ3n) is 2.16. The van der Waals surface area contributed by atoms with Crippen molar-refractivity contribution >= 4 is 11.6 Å². The van der Waals surface area contributed by atoms with E-state index in [9.17, 15) is 4.39 Å². The Labute approximate surface area is 80.4 Å². The van der Waals surface area contributed by atoms with Gasteiger partial charge in [-0.3, -0.25) is 0 Å². The fourth-order valence-corrected chi connectivity index (χ4v) is 1.66. The van der Waals surface area contributed by atoms with E-state index < -0.39 is 5.82 Å². The van der Waals surface area contributed by atoms with Gasteiger partial charge < -0.3 is 10.5 Å². The molecule has 0 aromatic heterocycles. The van der Waals surface area contributed by atoms with Crippen molar-refractivity contribution < 1.29 is 9.13 Å². The lowest BCUT2D eigenvalue weighted by molar-refractivity contribution is 0.267. The lowest BCUT2D eigenvalue weighted by atomic mass is 10.0. The van der Waals surface area contributed by atoms with Crippen LogP contribution in [0, 0.1) is 5.82 Å². The summed E-state index contributed by atoms with van der Waals surface area (Å²) in [6.07, 6.45) is 0.745. The average molecular weight is 202 g/mol. The van der Waals surface area contributed by atoms with Gasteiger partial charge in [-0.05, 0) is 6.07 Å². The Morgan fingerprint density at radius 1 is 1.54 bits per heavy atom. The van der Waals surface area contributed by atoms with Crippen molar-refractivity contribution in [3.63, 3.8) is 0 Å². The van der Waals surface area contributed by atoms with Crippen LogP contribution < -0.4 is 10.5 Å². The zero-order valence-electron chi connectivity index (χ0n) is 6.89. The predicted octanol–water partition coefficient (Wildman–Crippen LogP) is 2.26. The minimum atomic E-state index is -0.463. The maximum Gasteiger partial charge on any atom is 0.145 e. The molecule has 1 aliphatic heterocycles. The molecule has 0 amide bonds. The average Bonchev–Trinajstić information content (AvgIpc) is 2.12. The van der Waals surface area contributed by atoms with Gasteiger partial charge in [0.25, 0.3) is 0 Å². The van der Waals surface area contributed by atoms with E-state index in [0.29, 0.717) is 12.4 Å². The van der Waals surface area contributed by atoms with Gasteiger partial charge in [-0.15, -0.1) is 0 Å². The molecule has 1 aromatic rings. The Bertz CT molecular complexity index is 343. The van der Waals surface area contributed by atoms with Crippen LogP contribution in [0.5, 0.6) is 5.75 Å². The molecule has 70 valence electrons. The first kappa shape index (κ1) is 8.78. The molecule has 1 aliphatic rings. The second-order valence-electron chi connectivity index (χ2n) is 3.02.